The van der Waals surface area contributed by atoms with Gasteiger partial charge < -0.3 is 34.6 Å². The molecule has 9 rings (SSSR count). The van der Waals surface area contributed by atoms with Crippen molar-refractivity contribution in [1.29, 1.82) is 0 Å². The van der Waals surface area contributed by atoms with E-state index in [0.29, 0.717) is 83.7 Å². The first kappa shape index (κ1) is 46.2. The molecule has 7 heterocycles. The first-order valence-corrected chi connectivity index (χ1v) is 23.1. The number of aromatic nitrogens is 4. The smallest absolute Gasteiger partial charge is 0.262 e. The number of carbonyl (C=O) groups excluding carboxylic acids is 5. The van der Waals surface area contributed by atoms with Gasteiger partial charge in [-0.2, -0.15) is 0 Å². The Morgan fingerprint density at radius 1 is 0.765 bits per heavy atom. The molecule has 19 nitrogen and oxygen atoms in total. The van der Waals surface area contributed by atoms with E-state index in [1.807, 2.05) is 40.9 Å². The lowest BCUT2D eigenvalue weighted by Gasteiger charge is -2.35. The molecule has 3 N–H and O–H groups in total. The molecule has 68 heavy (non-hydrogen) atoms. The summed E-state index contributed by atoms with van der Waals surface area (Å²) in [6, 6.07) is 20.6. The molecule has 5 aromatic rings. The van der Waals surface area contributed by atoms with E-state index in [2.05, 4.69) is 35.6 Å². The average Bonchev–Trinajstić information content (AvgIpc) is 4.07. The van der Waals surface area contributed by atoms with E-state index in [4.69, 9.17) is 24.3 Å². The Morgan fingerprint density at radius 3 is 2.32 bits per heavy atom. The summed E-state index contributed by atoms with van der Waals surface area (Å²) in [6.07, 6.45) is 3.88. The molecule has 4 aliphatic rings. The van der Waals surface area contributed by atoms with E-state index in [9.17, 15) is 28.4 Å². The third-order valence-electron chi connectivity index (χ3n) is 12.5. The summed E-state index contributed by atoms with van der Waals surface area (Å²) in [4.78, 5) is 79.6. The number of anilines is 3. The van der Waals surface area contributed by atoms with Crippen molar-refractivity contribution in [2.75, 3.05) is 107 Å². The van der Waals surface area contributed by atoms with Crippen molar-refractivity contribution in [3.8, 4) is 11.4 Å². The highest BCUT2D eigenvalue weighted by atomic mass is 19.1. The number of pyridine rings is 1. The zero-order valence-corrected chi connectivity index (χ0v) is 37.6. The average molecular weight is 932 g/mol. The number of benzene rings is 2. The maximum atomic E-state index is 14.1. The standard InChI is InChI=1S/C48H54FN11O8/c49-33-5-1-4-32(28-33)38-7-3-17-58(38)43-13-12-41-52-30-40(60(41)55-43)37-6-2-8-42(53-37)57-20-18-56(19-21-57)31-45(62)51-16-23-67-25-27-68-26-24-66-22-15-50-34-9-10-35-36(29-34)48(65)59(47(35)64)39-11-14-44(61)54-46(39)63/h1-2,4-6,8-10,12-13,28-30,38-39,50H,3,7,11,14-27,31H2,(H,51,62)(H,54,61,63). The molecule has 0 aliphatic carbocycles. The van der Waals surface area contributed by atoms with Gasteiger partial charge in [-0.15, -0.1) is 5.10 Å². The molecule has 0 radical (unpaired) electrons. The van der Waals surface area contributed by atoms with E-state index in [1.165, 1.54) is 6.07 Å². The van der Waals surface area contributed by atoms with Crippen LogP contribution in [0.1, 0.15) is 58.0 Å². The minimum atomic E-state index is -1.01. The van der Waals surface area contributed by atoms with Gasteiger partial charge in [-0.1, -0.05) is 18.2 Å². The Morgan fingerprint density at radius 2 is 1.53 bits per heavy atom. The molecule has 0 bridgehead atoms. The molecule has 2 atom stereocenters. The second kappa shape index (κ2) is 21.4. The molecule has 5 amide bonds. The summed E-state index contributed by atoms with van der Waals surface area (Å²) in [5.41, 5.74) is 4.26. The van der Waals surface area contributed by atoms with Crippen LogP contribution >= 0.6 is 0 Å². The van der Waals surface area contributed by atoms with Crippen molar-refractivity contribution >= 4 is 52.5 Å². The highest BCUT2D eigenvalue weighted by Gasteiger charge is 2.44. The monoisotopic (exact) mass is 931 g/mol. The predicted octanol–water partition coefficient (Wildman–Crippen LogP) is 3.07. The third kappa shape index (κ3) is 10.6. The summed E-state index contributed by atoms with van der Waals surface area (Å²) >= 11 is 0. The normalized spacial score (nSPS) is 18.7. The number of hydrogen-bond acceptors (Lipinski definition) is 15. The number of imide groups is 2. The topological polar surface area (TPSA) is 205 Å². The van der Waals surface area contributed by atoms with E-state index < -0.39 is 29.7 Å². The summed E-state index contributed by atoms with van der Waals surface area (Å²) in [6.45, 7) is 7.08. The number of fused-ring (bicyclic) bond motifs is 2. The fourth-order valence-corrected chi connectivity index (χ4v) is 9.08. The summed E-state index contributed by atoms with van der Waals surface area (Å²) in [5.74, 6) is -0.807. The van der Waals surface area contributed by atoms with Gasteiger partial charge in [0.1, 0.15) is 29.2 Å². The van der Waals surface area contributed by atoms with Crippen LogP contribution in [0.5, 0.6) is 0 Å². The van der Waals surface area contributed by atoms with Crippen LogP contribution in [0.15, 0.2) is 79.0 Å². The van der Waals surface area contributed by atoms with E-state index >= 15 is 0 Å². The number of imidazole rings is 1. The van der Waals surface area contributed by atoms with Gasteiger partial charge >= 0.3 is 0 Å². The predicted molar refractivity (Wildman–Crippen MR) is 248 cm³/mol. The number of ether oxygens (including phenoxy) is 3. The Labute approximate surface area is 391 Å². The number of rotatable bonds is 20. The molecule has 2 unspecified atom stereocenters. The number of amides is 5. The fraction of sp³-hybridized carbons (Fsp3) is 0.417. The lowest BCUT2D eigenvalue weighted by Crippen LogP contribution is -2.54. The lowest BCUT2D eigenvalue weighted by molar-refractivity contribution is -0.136. The first-order valence-electron chi connectivity index (χ1n) is 23.1. The van der Waals surface area contributed by atoms with E-state index in [-0.39, 0.29) is 41.7 Å². The third-order valence-corrected chi connectivity index (χ3v) is 12.5. The number of piperazine rings is 1. The maximum Gasteiger partial charge on any atom is 0.262 e. The van der Waals surface area contributed by atoms with Crippen molar-refractivity contribution in [3.05, 3.63) is 102 Å². The van der Waals surface area contributed by atoms with Crippen LogP contribution in [0, 0.1) is 5.82 Å². The molecule has 4 aliphatic heterocycles. The van der Waals surface area contributed by atoms with Crippen molar-refractivity contribution < 1.29 is 42.6 Å². The molecule has 0 spiro atoms. The molecule has 20 heteroatoms. The molecule has 3 aromatic heterocycles. The Balaban J connectivity index is 0.622. The molecule has 2 aromatic carbocycles. The van der Waals surface area contributed by atoms with E-state index in [0.717, 1.165) is 66.0 Å². The number of halogens is 1. The van der Waals surface area contributed by atoms with Gasteiger partial charge in [0.2, 0.25) is 17.7 Å². The fourth-order valence-electron chi connectivity index (χ4n) is 9.08. The van der Waals surface area contributed by atoms with Gasteiger partial charge in [0, 0.05) is 57.9 Å². The van der Waals surface area contributed by atoms with Crippen LogP contribution in [-0.4, -0.2) is 157 Å². The van der Waals surface area contributed by atoms with Gasteiger partial charge in [-0.05, 0) is 79.4 Å². The van der Waals surface area contributed by atoms with Crippen LogP contribution in [-0.2, 0) is 28.6 Å². The van der Waals surface area contributed by atoms with Crippen molar-refractivity contribution in [1.82, 2.24) is 40.0 Å². The van der Waals surface area contributed by atoms with Crippen LogP contribution in [0.2, 0.25) is 0 Å². The highest BCUT2D eigenvalue weighted by molar-refractivity contribution is 6.23. The minimum Gasteiger partial charge on any atom is -0.383 e. The van der Waals surface area contributed by atoms with Crippen molar-refractivity contribution in [3.63, 3.8) is 0 Å². The molecular weight excluding hydrogens is 878 g/mol. The Bertz CT molecular complexity index is 2660. The zero-order valence-electron chi connectivity index (χ0n) is 37.6. The van der Waals surface area contributed by atoms with Crippen LogP contribution < -0.4 is 25.8 Å². The van der Waals surface area contributed by atoms with Gasteiger partial charge in [0.15, 0.2) is 5.65 Å². The summed E-state index contributed by atoms with van der Waals surface area (Å²) in [7, 11) is 0. The van der Waals surface area contributed by atoms with Crippen molar-refractivity contribution in [2.24, 2.45) is 0 Å². The number of hydrogen-bond donors (Lipinski definition) is 3. The van der Waals surface area contributed by atoms with Gasteiger partial charge in [-0.3, -0.25) is 39.1 Å². The lowest BCUT2D eigenvalue weighted by atomic mass is 10.0. The molecule has 3 fully saturated rings. The molecule has 356 valence electrons. The summed E-state index contributed by atoms with van der Waals surface area (Å²) < 4.78 is 32.8. The largest absolute Gasteiger partial charge is 0.383 e. The van der Waals surface area contributed by atoms with E-state index in [1.54, 1.807) is 36.5 Å². The molecular formula is C48H54FN11O8. The molecule has 3 saturated heterocycles. The second-order valence-corrected chi connectivity index (χ2v) is 17.0. The minimum absolute atomic E-state index is 0.0484. The van der Waals surface area contributed by atoms with Crippen LogP contribution in [0.25, 0.3) is 17.0 Å². The zero-order chi connectivity index (χ0) is 47.0. The SMILES string of the molecule is O=C(CN1CCN(c2cccc(-c3cnc4ccc(N5CCCC5c5cccc(F)c5)nn34)n2)CC1)NCCOCCOCCOCCNc1ccc2c(c1)C(=O)N(C1CCC(=O)NC1=O)C2=O. The Hall–Kier alpha value is -6.87. The molecule has 0 saturated carbocycles. The maximum absolute atomic E-state index is 14.1. The van der Waals surface area contributed by atoms with Crippen LogP contribution in [0.3, 0.4) is 0 Å². The Kier molecular flexibility index (Phi) is 14.6. The number of piperidine rings is 1. The number of nitrogens with zero attached hydrogens (tertiary/aromatic N) is 8. The van der Waals surface area contributed by atoms with Crippen molar-refractivity contribution in [2.45, 2.75) is 37.8 Å². The first-order chi connectivity index (χ1) is 33.2. The highest BCUT2D eigenvalue weighted by Crippen LogP contribution is 2.36. The van der Waals surface area contributed by atoms with Gasteiger partial charge in [-0.25, -0.2) is 18.9 Å². The number of nitrogens with one attached hydrogen (secondary N) is 3. The van der Waals surface area contributed by atoms with Gasteiger partial charge in [0.05, 0.1) is 75.2 Å². The van der Waals surface area contributed by atoms with Gasteiger partial charge in [0.25, 0.3) is 11.8 Å². The quantitative estimate of drug-likeness (QED) is 0.0758. The second-order valence-electron chi connectivity index (χ2n) is 17.0. The van der Waals surface area contributed by atoms with Crippen LogP contribution in [0.4, 0.5) is 21.7 Å². The summed E-state index contributed by atoms with van der Waals surface area (Å²) in [5, 5.41) is 13.3. The number of carbonyl (C=O) groups is 5.